The smallest absolute Gasteiger partial charge is 0.252 e. The van der Waals surface area contributed by atoms with Gasteiger partial charge >= 0.3 is 0 Å². The number of benzene rings is 1. The summed E-state index contributed by atoms with van der Waals surface area (Å²) in [6, 6.07) is 9.99. The van der Waals surface area contributed by atoms with Gasteiger partial charge in [-0.25, -0.2) is 14.6 Å². The molecule has 0 aliphatic carbocycles. The topological polar surface area (TPSA) is 77.6 Å². The number of nitrogens with zero attached hydrogens (tertiary/aromatic N) is 5. The molecule has 1 aromatic carbocycles. The van der Waals surface area contributed by atoms with Gasteiger partial charge in [0.05, 0.1) is 34.7 Å². The molecule has 7 heteroatoms. The van der Waals surface area contributed by atoms with E-state index in [1.54, 1.807) is 6.20 Å². The van der Waals surface area contributed by atoms with Crippen molar-refractivity contribution < 1.29 is 4.79 Å². The van der Waals surface area contributed by atoms with E-state index < -0.39 is 0 Å². The first-order chi connectivity index (χ1) is 13.9. The van der Waals surface area contributed by atoms with E-state index in [0.29, 0.717) is 12.1 Å². The van der Waals surface area contributed by atoms with Gasteiger partial charge in [-0.3, -0.25) is 4.79 Å². The van der Waals surface area contributed by atoms with Crippen molar-refractivity contribution in [2.75, 3.05) is 0 Å². The lowest BCUT2D eigenvalue weighted by Gasteiger charge is -2.12. The van der Waals surface area contributed by atoms with Gasteiger partial charge in [0.25, 0.3) is 5.91 Å². The zero-order chi connectivity index (χ0) is 20.7. The van der Waals surface area contributed by atoms with Crippen molar-refractivity contribution in [3.05, 3.63) is 53.6 Å². The molecule has 0 fully saturated rings. The second kappa shape index (κ2) is 7.31. The number of rotatable bonds is 5. The molecule has 150 valence electrons. The van der Waals surface area contributed by atoms with Gasteiger partial charge in [0, 0.05) is 18.8 Å². The lowest BCUT2D eigenvalue weighted by atomic mass is 10.0. The summed E-state index contributed by atoms with van der Waals surface area (Å²) < 4.78 is 3.87. The summed E-state index contributed by atoms with van der Waals surface area (Å²) in [6.45, 7) is 8.61. The molecule has 1 amide bonds. The van der Waals surface area contributed by atoms with Crippen LogP contribution in [-0.4, -0.2) is 30.2 Å². The molecule has 0 bridgehead atoms. The number of fused-ring (bicyclic) bond motifs is 2. The van der Waals surface area contributed by atoms with Gasteiger partial charge in [0.1, 0.15) is 5.82 Å². The van der Waals surface area contributed by atoms with Gasteiger partial charge in [0.2, 0.25) is 0 Å². The van der Waals surface area contributed by atoms with Crippen LogP contribution in [0.15, 0.2) is 36.5 Å². The van der Waals surface area contributed by atoms with E-state index >= 15 is 0 Å². The van der Waals surface area contributed by atoms with E-state index in [1.807, 2.05) is 46.6 Å². The Kier molecular flexibility index (Phi) is 4.82. The van der Waals surface area contributed by atoms with Gasteiger partial charge in [0.15, 0.2) is 5.65 Å². The number of imidazole rings is 1. The lowest BCUT2D eigenvalue weighted by Crippen LogP contribution is -2.25. The molecule has 7 nitrogen and oxygen atoms in total. The van der Waals surface area contributed by atoms with Crippen molar-refractivity contribution >= 4 is 28.0 Å². The zero-order valence-corrected chi connectivity index (χ0v) is 17.5. The lowest BCUT2D eigenvalue weighted by molar-refractivity contribution is 0.0951. The second-order valence-electron chi connectivity index (χ2n) is 7.93. The Morgan fingerprint density at radius 2 is 1.90 bits per heavy atom. The van der Waals surface area contributed by atoms with Crippen LogP contribution in [0.2, 0.25) is 0 Å². The van der Waals surface area contributed by atoms with Crippen LogP contribution in [0.4, 0.5) is 0 Å². The van der Waals surface area contributed by atoms with Crippen LogP contribution in [0.5, 0.6) is 0 Å². The van der Waals surface area contributed by atoms with Crippen LogP contribution >= 0.6 is 0 Å². The van der Waals surface area contributed by atoms with Crippen molar-refractivity contribution in [1.82, 2.24) is 29.6 Å². The Hall–Kier alpha value is -3.22. The van der Waals surface area contributed by atoms with Crippen molar-refractivity contribution in [2.24, 2.45) is 7.05 Å². The second-order valence-corrected chi connectivity index (χ2v) is 7.93. The molecule has 1 N–H and O–H groups in total. The molecule has 0 aliphatic heterocycles. The van der Waals surface area contributed by atoms with E-state index in [4.69, 9.17) is 4.98 Å². The van der Waals surface area contributed by atoms with Crippen LogP contribution in [0.25, 0.3) is 22.1 Å². The van der Waals surface area contributed by atoms with Crippen LogP contribution < -0.4 is 5.32 Å². The fourth-order valence-corrected chi connectivity index (χ4v) is 3.51. The Balaban J connectivity index is 1.68. The van der Waals surface area contributed by atoms with Gasteiger partial charge in [-0.15, -0.1) is 0 Å². The van der Waals surface area contributed by atoms with E-state index in [1.165, 1.54) is 0 Å². The first kappa shape index (κ1) is 19.1. The molecule has 3 heterocycles. The van der Waals surface area contributed by atoms with E-state index in [0.717, 1.165) is 33.6 Å². The molecule has 0 unspecified atom stereocenters. The molecule has 3 aromatic heterocycles. The fourth-order valence-electron chi connectivity index (χ4n) is 3.51. The molecule has 0 saturated heterocycles. The molecule has 29 heavy (non-hydrogen) atoms. The largest absolute Gasteiger partial charge is 0.345 e. The highest BCUT2D eigenvalue weighted by atomic mass is 16.1. The quantitative estimate of drug-likeness (QED) is 0.560. The monoisotopic (exact) mass is 390 g/mol. The highest BCUT2D eigenvalue weighted by molar-refractivity contribution is 6.05. The van der Waals surface area contributed by atoms with Crippen molar-refractivity contribution in [1.29, 1.82) is 0 Å². The van der Waals surface area contributed by atoms with E-state index in [9.17, 15) is 4.79 Å². The fraction of sp³-hybridized carbons (Fsp3) is 0.364. The Labute approximate surface area is 169 Å². The normalized spacial score (nSPS) is 11.8. The maximum absolute atomic E-state index is 13.1. The molecular formula is C22H26N6O. The zero-order valence-electron chi connectivity index (χ0n) is 17.5. The van der Waals surface area contributed by atoms with Crippen LogP contribution in [0.3, 0.4) is 0 Å². The summed E-state index contributed by atoms with van der Waals surface area (Å²) in [7, 11) is 1.96. The molecule has 4 aromatic rings. The highest BCUT2D eigenvalue weighted by Crippen LogP contribution is 2.24. The molecule has 0 aliphatic rings. The van der Waals surface area contributed by atoms with Crippen molar-refractivity contribution in [3.8, 4) is 0 Å². The minimum atomic E-state index is -0.144. The first-order valence-corrected chi connectivity index (χ1v) is 9.93. The number of pyridine rings is 1. The third kappa shape index (κ3) is 3.37. The number of hydrogen-bond donors (Lipinski definition) is 1. The molecule has 0 saturated carbocycles. The Morgan fingerprint density at radius 3 is 2.59 bits per heavy atom. The van der Waals surface area contributed by atoms with Gasteiger partial charge in [-0.05, 0) is 38.0 Å². The summed E-state index contributed by atoms with van der Waals surface area (Å²) >= 11 is 0. The number of carbonyl (C=O) groups is 1. The van der Waals surface area contributed by atoms with Crippen molar-refractivity contribution in [3.63, 3.8) is 0 Å². The minimum absolute atomic E-state index is 0.144. The molecular weight excluding hydrogens is 364 g/mol. The predicted molar refractivity (Wildman–Crippen MR) is 114 cm³/mol. The van der Waals surface area contributed by atoms with E-state index in [2.05, 4.69) is 43.1 Å². The standard InChI is InChI=1S/C22H26N6O/c1-13(2)18-10-15(16-11-24-28(14(3)4)21(16)26-18)22(29)23-12-20-25-17-8-6-7-9-19(17)27(20)5/h6-11,13-14H,12H2,1-5H3,(H,23,29). The predicted octanol–water partition coefficient (Wildman–Crippen LogP) is 3.95. The highest BCUT2D eigenvalue weighted by Gasteiger charge is 2.19. The van der Waals surface area contributed by atoms with Crippen LogP contribution in [-0.2, 0) is 13.6 Å². The number of amides is 1. The molecule has 4 rings (SSSR count). The van der Waals surface area contributed by atoms with Gasteiger partial charge < -0.3 is 9.88 Å². The summed E-state index contributed by atoms with van der Waals surface area (Å²) in [5.41, 5.74) is 4.20. The maximum atomic E-state index is 13.1. The number of aryl methyl sites for hydroxylation is 1. The summed E-state index contributed by atoms with van der Waals surface area (Å²) in [4.78, 5) is 22.5. The third-order valence-corrected chi connectivity index (χ3v) is 5.20. The molecule has 0 atom stereocenters. The summed E-state index contributed by atoms with van der Waals surface area (Å²) in [6.07, 6.45) is 1.73. The number of carbonyl (C=O) groups excluding carboxylic acids is 1. The first-order valence-electron chi connectivity index (χ1n) is 9.93. The maximum Gasteiger partial charge on any atom is 0.252 e. The average Bonchev–Trinajstić information content (AvgIpc) is 3.27. The SMILES string of the molecule is CC(C)c1cc(C(=O)NCc2nc3ccccc3n2C)c2cnn(C(C)C)c2n1. The van der Waals surface area contributed by atoms with Crippen molar-refractivity contribution in [2.45, 2.75) is 46.2 Å². The van der Waals surface area contributed by atoms with E-state index in [-0.39, 0.29) is 17.9 Å². The number of nitrogens with one attached hydrogen (secondary N) is 1. The average molecular weight is 390 g/mol. The number of para-hydroxylation sites is 2. The molecule has 0 spiro atoms. The minimum Gasteiger partial charge on any atom is -0.345 e. The number of aromatic nitrogens is 5. The summed E-state index contributed by atoms with van der Waals surface area (Å²) in [5, 5.41) is 8.25. The number of hydrogen-bond acceptors (Lipinski definition) is 4. The van der Waals surface area contributed by atoms with Crippen LogP contribution in [0.1, 0.15) is 61.5 Å². The Morgan fingerprint density at radius 1 is 1.14 bits per heavy atom. The summed E-state index contributed by atoms with van der Waals surface area (Å²) in [5.74, 6) is 0.878. The third-order valence-electron chi connectivity index (χ3n) is 5.20. The van der Waals surface area contributed by atoms with Crippen LogP contribution in [0, 0.1) is 0 Å². The molecule has 0 radical (unpaired) electrons. The van der Waals surface area contributed by atoms with Gasteiger partial charge in [-0.1, -0.05) is 26.0 Å². The van der Waals surface area contributed by atoms with Gasteiger partial charge in [-0.2, -0.15) is 5.10 Å². The Bertz CT molecular complexity index is 1200.